The summed E-state index contributed by atoms with van der Waals surface area (Å²) < 4.78 is 2.62. The maximum Gasteiger partial charge on any atom is 0.0554 e. The molecular weight excluding hydrogens is 671 g/mol. The standard InChI is InChI=1S/C52H33NS/c1-2-11-34(12-3-1)40-16-8-17-42(33-40)53(47-21-10-22-48-51(47)46-32-29-36-14-5-7-19-45(36)52(46)54-48)41-30-27-37(28-31-41)44-20-9-15-38-25-26-39-24-23-35-13-4-6-18-43(35)50(39)49(38)44/h1-33H. The number of hydrogen-bond donors (Lipinski definition) is 0. The van der Waals surface area contributed by atoms with Crippen LogP contribution in [-0.2, 0) is 0 Å². The van der Waals surface area contributed by atoms with Gasteiger partial charge in [0.05, 0.1) is 5.69 Å². The zero-order valence-electron chi connectivity index (χ0n) is 29.4. The summed E-state index contributed by atoms with van der Waals surface area (Å²) in [7, 11) is 0. The fraction of sp³-hybridized carbons (Fsp3) is 0. The van der Waals surface area contributed by atoms with Crippen molar-refractivity contribution in [3.8, 4) is 22.3 Å². The summed E-state index contributed by atoms with van der Waals surface area (Å²) in [5.74, 6) is 0. The monoisotopic (exact) mass is 703 g/mol. The van der Waals surface area contributed by atoms with E-state index in [-0.39, 0.29) is 0 Å². The van der Waals surface area contributed by atoms with E-state index in [1.807, 2.05) is 11.3 Å². The maximum absolute atomic E-state index is 2.45. The van der Waals surface area contributed by atoms with E-state index in [0.29, 0.717) is 0 Å². The van der Waals surface area contributed by atoms with Crippen LogP contribution in [-0.4, -0.2) is 0 Å². The number of anilines is 3. The Morgan fingerprint density at radius 1 is 0.333 bits per heavy atom. The Labute approximate surface area is 317 Å². The Bertz CT molecular complexity index is 3210. The van der Waals surface area contributed by atoms with Gasteiger partial charge in [-0.25, -0.2) is 0 Å². The fourth-order valence-corrected chi connectivity index (χ4v) is 9.77. The normalized spacial score (nSPS) is 11.7. The minimum absolute atomic E-state index is 1.12. The van der Waals surface area contributed by atoms with Crippen molar-refractivity contribution in [2.45, 2.75) is 0 Å². The number of thiophene rings is 1. The van der Waals surface area contributed by atoms with Gasteiger partial charge < -0.3 is 4.90 Å². The molecule has 54 heavy (non-hydrogen) atoms. The molecule has 0 amide bonds. The van der Waals surface area contributed by atoms with Crippen molar-refractivity contribution in [3.05, 3.63) is 200 Å². The summed E-state index contributed by atoms with van der Waals surface area (Å²) in [5, 5.41) is 12.8. The first kappa shape index (κ1) is 30.8. The molecule has 0 fully saturated rings. The fourth-order valence-electron chi connectivity index (χ4n) is 8.51. The summed E-state index contributed by atoms with van der Waals surface area (Å²) in [4.78, 5) is 2.45. The molecule has 0 bridgehead atoms. The first-order valence-corrected chi connectivity index (χ1v) is 19.3. The lowest BCUT2D eigenvalue weighted by molar-refractivity contribution is 1.30. The van der Waals surface area contributed by atoms with Gasteiger partial charge in [-0.1, -0.05) is 164 Å². The lowest BCUT2D eigenvalue weighted by atomic mass is 9.91. The molecule has 2 heteroatoms. The van der Waals surface area contributed by atoms with Crippen molar-refractivity contribution >= 4 is 91.7 Å². The Hall–Kier alpha value is -6.74. The number of fused-ring (bicyclic) bond motifs is 10. The van der Waals surface area contributed by atoms with E-state index in [1.165, 1.54) is 91.2 Å². The van der Waals surface area contributed by atoms with Gasteiger partial charge in [0, 0.05) is 31.5 Å². The number of nitrogens with zero attached hydrogens (tertiary/aromatic N) is 1. The van der Waals surface area contributed by atoms with Gasteiger partial charge >= 0.3 is 0 Å². The molecular formula is C52H33NS. The van der Waals surface area contributed by atoms with Crippen LogP contribution in [0.4, 0.5) is 17.1 Å². The molecule has 0 N–H and O–H groups in total. The topological polar surface area (TPSA) is 3.24 Å². The number of hydrogen-bond acceptors (Lipinski definition) is 2. The van der Waals surface area contributed by atoms with Crippen LogP contribution in [0.25, 0.3) is 85.5 Å². The van der Waals surface area contributed by atoms with Crippen molar-refractivity contribution in [2.75, 3.05) is 4.90 Å². The summed E-state index contributed by atoms with van der Waals surface area (Å²) in [6.07, 6.45) is 0. The van der Waals surface area contributed by atoms with E-state index in [4.69, 9.17) is 0 Å². The molecule has 1 heterocycles. The average molecular weight is 704 g/mol. The second-order valence-electron chi connectivity index (χ2n) is 14.1. The van der Waals surface area contributed by atoms with E-state index >= 15 is 0 Å². The van der Waals surface area contributed by atoms with Crippen LogP contribution in [0.1, 0.15) is 0 Å². The molecule has 0 aliphatic carbocycles. The van der Waals surface area contributed by atoms with Gasteiger partial charge in [0.15, 0.2) is 0 Å². The molecule has 0 radical (unpaired) electrons. The van der Waals surface area contributed by atoms with Crippen molar-refractivity contribution in [1.29, 1.82) is 0 Å². The molecule has 11 aromatic rings. The second kappa shape index (κ2) is 12.4. The third kappa shape index (κ3) is 4.92. The molecule has 0 unspecified atom stereocenters. The highest BCUT2D eigenvalue weighted by Gasteiger charge is 2.20. The smallest absolute Gasteiger partial charge is 0.0554 e. The Balaban J connectivity index is 1.13. The third-order valence-corrected chi connectivity index (χ3v) is 12.2. The van der Waals surface area contributed by atoms with Gasteiger partial charge in [0.2, 0.25) is 0 Å². The minimum Gasteiger partial charge on any atom is -0.310 e. The molecule has 0 aliphatic rings. The molecule has 0 atom stereocenters. The molecule has 0 saturated carbocycles. The quantitative estimate of drug-likeness (QED) is 0.161. The van der Waals surface area contributed by atoms with Gasteiger partial charge in [0.25, 0.3) is 0 Å². The van der Waals surface area contributed by atoms with Gasteiger partial charge in [0.1, 0.15) is 0 Å². The molecule has 11 rings (SSSR count). The highest BCUT2D eigenvalue weighted by molar-refractivity contribution is 7.26. The SMILES string of the molecule is c1ccc(-c2cccc(N(c3ccc(-c4cccc5ccc6ccc7ccccc7c6c45)cc3)c3cccc4sc5c6ccccc6ccc5c34)c2)cc1. The molecule has 0 saturated heterocycles. The second-order valence-corrected chi connectivity index (χ2v) is 15.1. The Kier molecular flexibility index (Phi) is 7.11. The minimum atomic E-state index is 1.12. The predicted molar refractivity (Wildman–Crippen MR) is 235 cm³/mol. The average Bonchev–Trinajstić information content (AvgIpc) is 3.64. The van der Waals surface area contributed by atoms with Crippen LogP contribution in [0.5, 0.6) is 0 Å². The van der Waals surface area contributed by atoms with Crippen molar-refractivity contribution in [1.82, 2.24) is 0 Å². The van der Waals surface area contributed by atoms with Crippen LogP contribution in [0.3, 0.4) is 0 Å². The van der Waals surface area contributed by atoms with Gasteiger partial charge in [-0.3, -0.25) is 0 Å². The van der Waals surface area contributed by atoms with E-state index in [0.717, 1.165) is 11.4 Å². The largest absolute Gasteiger partial charge is 0.310 e. The summed E-state index contributed by atoms with van der Waals surface area (Å²) in [6, 6.07) is 73.4. The maximum atomic E-state index is 2.45. The van der Waals surface area contributed by atoms with E-state index in [1.54, 1.807) is 0 Å². The molecule has 1 nitrogen and oxygen atoms in total. The lowest BCUT2D eigenvalue weighted by Crippen LogP contribution is -2.10. The third-order valence-electron chi connectivity index (χ3n) is 11.0. The Morgan fingerprint density at radius 2 is 0.963 bits per heavy atom. The molecule has 252 valence electrons. The highest BCUT2D eigenvalue weighted by Crippen LogP contribution is 2.47. The van der Waals surface area contributed by atoms with E-state index < -0.39 is 0 Å². The molecule has 10 aromatic carbocycles. The zero-order chi connectivity index (χ0) is 35.6. The lowest BCUT2D eigenvalue weighted by Gasteiger charge is -2.27. The van der Waals surface area contributed by atoms with Crippen molar-refractivity contribution < 1.29 is 0 Å². The first-order valence-electron chi connectivity index (χ1n) is 18.5. The van der Waals surface area contributed by atoms with Crippen molar-refractivity contribution in [2.24, 2.45) is 0 Å². The van der Waals surface area contributed by atoms with Crippen LogP contribution in [0.15, 0.2) is 200 Å². The summed E-state index contributed by atoms with van der Waals surface area (Å²) in [6.45, 7) is 0. The van der Waals surface area contributed by atoms with E-state index in [2.05, 4.69) is 205 Å². The number of benzene rings is 10. The molecule has 1 aromatic heterocycles. The summed E-state index contributed by atoms with van der Waals surface area (Å²) >= 11 is 1.89. The molecule has 0 aliphatic heterocycles. The first-order chi connectivity index (χ1) is 26.8. The Morgan fingerprint density at radius 3 is 1.80 bits per heavy atom. The van der Waals surface area contributed by atoms with Crippen LogP contribution in [0, 0.1) is 0 Å². The molecule has 0 spiro atoms. The number of rotatable bonds is 5. The van der Waals surface area contributed by atoms with Gasteiger partial charge in [-0.15, -0.1) is 11.3 Å². The van der Waals surface area contributed by atoms with Gasteiger partial charge in [-0.2, -0.15) is 0 Å². The van der Waals surface area contributed by atoms with E-state index in [9.17, 15) is 0 Å². The van der Waals surface area contributed by atoms with Crippen LogP contribution >= 0.6 is 11.3 Å². The highest BCUT2D eigenvalue weighted by atomic mass is 32.1. The zero-order valence-corrected chi connectivity index (χ0v) is 30.2. The summed E-state index contributed by atoms with van der Waals surface area (Å²) in [5.41, 5.74) is 8.26. The predicted octanol–water partition coefficient (Wildman–Crippen LogP) is 15.5. The van der Waals surface area contributed by atoms with Crippen LogP contribution < -0.4 is 4.90 Å². The van der Waals surface area contributed by atoms with Gasteiger partial charge in [-0.05, 0) is 102 Å². The van der Waals surface area contributed by atoms with Crippen molar-refractivity contribution in [3.63, 3.8) is 0 Å². The van der Waals surface area contributed by atoms with Crippen LogP contribution in [0.2, 0.25) is 0 Å².